The third-order valence-electron chi connectivity index (χ3n) is 3.45. The maximum Gasteiger partial charge on any atom is 0.175 e. The maximum atomic E-state index is 5.62. The molecule has 118 valence electrons. The molecule has 0 atom stereocenters. The van der Waals surface area contributed by atoms with Crippen LogP contribution in [0.5, 0.6) is 11.5 Å². The summed E-state index contributed by atoms with van der Waals surface area (Å²) in [5.41, 5.74) is 4.78. The molecule has 2 rings (SSSR count). The highest BCUT2D eigenvalue weighted by atomic mass is 79.9. The smallest absolute Gasteiger partial charge is 0.175 e. The van der Waals surface area contributed by atoms with Crippen molar-refractivity contribution in [1.82, 2.24) is 0 Å². The quantitative estimate of drug-likeness (QED) is 0.775. The Morgan fingerprint density at radius 2 is 1.91 bits per heavy atom. The van der Waals surface area contributed by atoms with Crippen LogP contribution in [-0.4, -0.2) is 13.7 Å². The van der Waals surface area contributed by atoms with Crippen LogP contribution in [0.2, 0.25) is 0 Å². The highest BCUT2D eigenvalue weighted by Gasteiger charge is 2.11. The summed E-state index contributed by atoms with van der Waals surface area (Å²) < 4.78 is 12.0. The first-order valence-corrected chi connectivity index (χ1v) is 8.14. The number of aryl methyl sites for hydroxylation is 2. The minimum atomic E-state index is 0.606. The molecule has 0 bridgehead atoms. The fraction of sp³-hybridized carbons (Fsp3) is 0.333. The van der Waals surface area contributed by atoms with Crippen molar-refractivity contribution in [3.05, 3.63) is 51.5 Å². The molecule has 0 saturated carbocycles. The van der Waals surface area contributed by atoms with Crippen LogP contribution in [0.15, 0.2) is 34.8 Å². The minimum Gasteiger partial charge on any atom is -0.493 e. The lowest BCUT2D eigenvalue weighted by Gasteiger charge is -2.15. The van der Waals surface area contributed by atoms with E-state index in [2.05, 4.69) is 59.4 Å². The molecule has 3 nitrogen and oxygen atoms in total. The van der Waals surface area contributed by atoms with Gasteiger partial charge in [-0.05, 0) is 71.6 Å². The van der Waals surface area contributed by atoms with Gasteiger partial charge in [0.05, 0.1) is 18.2 Å². The van der Waals surface area contributed by atoms with Gasteiger partial charge in [-0.2, -0.15) is 0 Å². The largest absolute Gasteiger partial charge is 0.493 e. The molecule has 2 aromatic carbocycles. The molecule has 4 heteroatoms. The van der Waals surface area contributed by atoms with Crippen LogP contribution >= 0.6 is 15.9 Å². The molecule has 0 spiro atoms. The SMILES string of the molecule is CCOc1c(Br)cc(CNc2cc(C)ccc2C)cc1OC. The first kappa shape index (κ1) is 16.7. The second-order valence-corrected chi connectivity index (χ2v) is 6.07. The Morgan fingerprint density at radius 1 is 1.14 bits per heavy atom. The number of hydrogen-bond acceptors (Lipinski definition) is 3. The summed E-state index contributed by atoms with van der Waals surface area (Å²) in [5.74, 6) is 1.49. The first-order chi connectivity index (χ1) is 10.5. The van der Waals surface area contributed by atoms with Crippen LogP contribution in [-0.2, 0) is 6.54 Å². The molecule has 0 saturated heterocycles. The highest BCUT2D eigenvalue weighted by molar-refractivity contribution is 9.10. The minimum absolute atomic E-state index is 0.606. The van der Waals surface area contributed by atoms with Gasteiger partial charge in [0.2, 0.25) is 0 Å². The molecule has 0 aliphatic carbocycles. The van der Waals surface area contributed by atoms with Gasteiger partial charge in [0.25, 0.3) is 0 Å². The van der Waals surface area contributed by atoms with Crippen LogP contribution in [0.3, 0.4) is 0 Å². The highest BCUT2D eigenvalue weighted by Crippen LogP contribution is 2.36. The van der Waals surface area contributed by atoms with Gasteiger partial charge in [-0.3, -0.25) is 0 Å². The van der Waals surface area contributed by atoms with Crippen LogP contribution in [0.1, 0.15) is 23.6 Å². The number of anilines is 1. The molecule has 0 aromatic heterocycles. The second kappa shape index (κ2) is 7.54. The van der Waals surface area contributed by atoms with E-state index in [0.29, 0.717) is 6.61 Å². The van der Waals surface area contributed by atoms with Crippen molar-refractivity contribution in [1.29, 1.82) is 0 Å². The van der Waals surface area contributed by atoms with Crippen LogP contribution < -0.4 is 14.8 Å². The second-order valence-electron chi connectivity index (χ2n) is 5.21. The Balaban J connectivity index is 2.19. The summed E-state index contributed by atoms with van der Waals surface area (Å²) in [5, 5.41) is 3.48. The molecule has 1 N–H and O–H groups in total. The number of hydrogen-bond donors (Lipinski definition) is 1. The van der Waals surface area contributed by atoms with Crippen molar-refractivity contribution in [3.8, 4) is 11.5 Å². The van der Waals surface area contributed by atoms with E-state index in [1.807, 2.05) is 13.0 Å². The van der Waals surface area contributed by atoms with Crippen molar-refractivity contribution in [2.24, 2.45) is 0 Å². The van der Waals surface area contributed by atoms with Gasteiger partial charge < -0.3 is 14.8 Å². The van der Waals surface area contributed by atoms with Gasteiger partial charge in [0.1, 0.15) is 0 Å². The third-order valence-corrected chi connectivity index (χ3v) is 4.04. The Labute approximate surface area is 140 Å². The number of methoxy groups -OCH3 is 1. The van der Waals surface area contributed by atoms with Crippen molar-refractivity contribution in [2.75, 3.05) is 19.0 Å². The number of nitrogens with one attached hydrogen (secondary N) is 1. The standard InChI is InChI=1S/C18H22BrNO2/c1-5-22-18-15(19)9-14(10-17(18)21-4)11-20-16-8-12(2)6-7-13(16)3/h6-10,20H,5,11H2,1-4H3. The van der Waals surface area contributed by atoms with Crippen LogP contribution in [0.25, 0.3) is 0 Å². The van der Waals surface area contributed by atoms with Gasteiger partial charge in [-0.1, -0.05) is 12.1 Å². The lowest BCUT2D eigenvalue weighted by Crippen LogP contribution is -2.03. The lowest BCUT2D eigenvalue weighted by molar-refractivity contribution is 0.308. The molecule has 22 heavy (non-hydrogen) atoms. The molecule has 0 amide bonds. The van der Waals surface area contributed by atoms with Gasteiger partial charge >= 0.3 is 0 Å². The fourth-order valence-electron chi connectivity index (χ4n) is 2.28. The lowest BCUT2D eigenvalue weighted by atomic mass is 10.1. The molecule has 0 unspecified atom stereocenters. The molecule has 0 radical (unpaired) electrons. The number of ether oxygens (including phenoxy) is 2. The van der Waals surface area contributed by atoms with E-state index in [1.54, 1.807) is 7.11 Å². The number of rotatable bonds is 6. The van der Waals surface area contributed by atoms with Crippen LogP contribution in [0.4, 0.5) is 5.69 Å². The Kier molecular flexibility index (Phi) is 5.72. The number of benzene rings is 2. The van der Waals surface area contributed by atoms with Crippen molar-refractivity contribution in [3.63, 3.8) is 0 Å². The van der Waals surface area contributed by atoms with E-state index in [0.717, 1.165) is 33.8 Å². The van der Waals surface area contributed by atoms with Crippen LogP contribution in [0, 0.1) is 13.8 Å². The summed E-state index contributed by atoms with van der Waals surface area (Å²) in [6.07, 6.45) is 0. The molecule has 0 aliphatic rings. The topological polar surface area (TPSA) is 30.5 Å². The zero-order valence-corrected chi connectivity index (χ0v) is 15.1. The first-order valence-electron chi connectivity index (χ1n) is 7.35. The van der Waals surface area contributed by atoms with E-state index < -0.39 is 0 Å². The molecule has 0 aliphatic heterocycles. The molecule has 0 heterocycles. The Morgan fingerprint density at radius 3 is 2.59 bits per heavy atom. The molecule has 2 aromatic rings. The summed E-state index contributed by atoms with van der Waals surface area (Å²) in [6, 6.07) is 10.5. The Hall–Kier alpha value is -1.68. The zero-order chi connectivity index (χ0) is 16.1. The molecule has 0 fully saturated rings. The van der Waals surface area contributed by atoms with Crippen molar-refractivity contribution >= 4 is 21.6 Å². The average molecular weight is 364 g/mol. The average Bonchev–Trinajstić information content (AvgIpc) is 2.50. The van der Waals surface area contributed by atoms with Gasteiger partial charge in [-0.25, -0.2) is 0 Å². The summed E-state index contributed by atoms with van der Waals surface area (Å²) in [6.45, 7) is 7.50. The van der Waals surface area contributed by atoms with Gasteiger partial charge in [0.15, 0.2) is 11.5 Å². The third kappa shape index (κ3) is 3.95. The molecular weight excluding hydrogens is 342 g/mol. The van der Waals surface area contributed by atoms with Gasteiger partial charge in [-0.15, -0.1) is 0 Å². The van der Waals surface area contributed by atoms with E-state index >= 15 is 0 Å². The fourth-order valence-corrected chi connectivity index (χ4v) is 2.89. The predicted molar refractivity (Wildman–Crippen MR) is 95.1 cm³/mol. The zero-order valence-electron chi connectivity index (χ0n) is 13.5. The van der Waals surface area contributed by atoms with Gasteiger partial charge in [0, 0.05) is 12.2 Å². The van der Waals surface area contributed by atoms with Crippen molar-refractivity contribution in [2.45, 2.75) is 27.3 Å². The predicted octanol–water partition coefficient (Wildman–Crippen LogP) is 5.09. The van der Waals surface area contributed by atoms with E-state index in [-0.39, 0.29) is 0 Å². The monoisotopic (exact) mass is 363 g/mol. The number of halogens is 1. The Bertz CT molecular complexity index is 656. The normalized spacial score (nSPS) is 10.4. The van der Waals surface area contributed by atoms with E-state index in [1.165, 1.54) is 11.1 Å². The maximum absolute atomic E-state index is 5.62. The summed E-state index contributed by atoms with van der Waals surface area (Å²) >= 11 is 3.56. The van der Waals surface area contributed by atoms with Crippen molar-refractivity contribution < 1.29 is 9.47 Å². The van der Waals surface area contributed by atoms with E-state index in [9.17, 15) is 0 Å². The summed E-state index contributed by atoms with van der Waals surface area (Å²) in [7, 11) is 1.66. The van der Waals surface area contributed by atoms with E-state index in [4.69, 9.17) is 9.47 Å². The molecular formula is C18H22BrNO2. The summed E-state index contributed by atoms with van der Waals surface area (Å²) in [4.78, 5) is 0.